The predicted molar refractivity (Wildman–Crippen MR) is 171 cm³/mol. The Labute approximate surface area is 275 Å². The van der Waals surface area contributed by atoms with Crippen molar-refractivity contribution in [3.8, 4) is 0 Å². The third-order valence-electron chi connectivity index (χ3n) is 9.81. The normalized spacial score (nSPS) is 23.9. The molecule has 48 heavy (non-hydrogen) atoms. The fourth-order valence-corrected chi connectivity index (χ4v) is 7.72. The summed E-state index contributed by atoms with van der Waals surface area (Å²) in [7, 11) is -5.81. The fourth-order valence-electron chi connectivity index (χ4n) is 7.24. The number of piperidine rings is 1. The summed E-state index contributed by atoms with van der Waals surface area (Å²) < 4.78 is 40.1. The lowest BCUT2D eigenvalue weighted by Crippen LogP contribution is -2.61. The molecule has 0 spiro atoms. The van der Waals surface area contributed by atoms with E-state index in [4.69, 9.17) is 9.79 Å². The predicted octanol–water partition coefficient (Wildman–Crippen LogP) is 3.51. The molecule has 0 saturated carbocycles. The second kappa shape index (κ2) is 13.1. The molecule has 0 aliphatic carbocycles. The largest absolute Gasteiger partial charge is 0.399 e. The highest BCUT2D eigenvalue weighted by Gasteiger charge is 2.50. The van der Waals surface area contributed by atoms with E-state index >= 15 is 0 Å². The highest BCUT2D eigenvalue weighted by atomic mass is 31.2. The average molecular weight is 686 g/mol. The van der Waals surface area contributed by atoms with Crippen LogP contribution in [0.1, 0.15) is 66.6 Å². The van der Waals surface area contributed by atoms with Gasteiger partial charge in [0.2, 0.25) is 17.7 Å². The second-order valence-electron chi connectivity index (χ2n) is 12.9. The first-order valence-corrected chi connectivity index (χ1v) is 17.6. The molecule has 3 saturated heterocycles. The molecule has 6 rings (SSSR count). The van der Waals surface area contributed by atoms with E-state index in [1.807, 2.05) is 23.1 Å². The summed E-state index contributed by atoms with van der Waals surface area (Å²) in [4.78, 5) is 80.3. The minimum Gasteiger partial charge on any atom is -0.351 e. The number of halogens is 2. The van der Waals surface area contributed by atoms with Gasteiger partial charge in [0.25, 0.3) is 5.91 Å². The van der Waals surface area contributed by atoms with Crippen molar-refractivity contribution in [2.24, 2.45) is 0 Å². The molecule has 3 aromatic rings. The maximum absolute atomic E-state index is 14.3. The molecule has 4 heterocycles. The first-order chi connectivity index (χ1) is 22.7. The number of alkyl halides is 2. The molecule has 12 nitrogen and oxygen atoms in total. The molecule has 0 bridgehead atoms. The topological polar surface area (TPSA) is 163 Å². The second-order valence-corrected chi connectivity index (χ2v) is 14.5. The van der Waals surface area contributed by atoms with Crippen LogP contribution in [0.2, 0.25) is 0 Å². The maximum atomic E-state index is 14.3. The van der Waals surface area contributed by atoms with Gasteiger partial charge in [0.15, 0.2) is 0 Å². The summed E-state index contributed by atoms with van der Waals surface area (Å²) >= 11 is 0. The van der Waals surface area contributed by atoms with Gasteiger partial charge in [-0.25, -0.2) is 0 Å². The molecule has 4 amide bonds. The number of aromatic amines is 1. The van der Waals surface area contributed by atoms with E-state index in [1.165, 1.54) is 24.0 Å². The number of rotatable bonds is 6. The number of likely N-dealkylation sites (tertiary alicyclic amines) is 1. The Morgan fingerprint density at radius 3 is 2.42 bits per heavy atom. The smallest absolute Gasteiger partial charge is 0.351 e. The zero-order valence-corrected chi connectivity index (χ0v) is 27.2. The van der Waals surface area contributed by atoms with Crippen LogP contribution in [0.25, 0.3) is 10.9 Å². The average Bonchev–Trinajstić information content (AvgIpc) is 3.68. The monoisotopic (exact) mass is 685 g/mol. The van der Waals surface area contributed by atoms with E-state index in [0.717, 1.165) is 30.5 Å². The molecule has 0 radical (unpaired) electrons. The molecule has 0 unspecified atom stereocenters. The van der Waals surface area contributed by atoms with Crippen molar-refractivity contribution in [3.05, 3.63) is 71.4 Å². The first kappa shape index (κ1) is 33.8. The number of hydrogen-bond acceptors (Lipinski definition) is 5. The van der Waals surface area contributed by atoms with Gasteiger partial charge in [-0.05, 0) is 55.9 Å². The molecule has 3 aliphatic heterocycles. The van der Waals surface area contributed by atoms with E-state index in [9.17, 15) is 32.5 Å². The van der Waals surface area contributed by atoms with Gasteiger partial charge in [0.05, 0.1) is 0 Å². The molecule has 3 aliphatic rings. The highest BCUT2D eigenvalue weighted by Crippen LogP contribution is 2.59. The number of benzene rings is 2. The molecular weight excluding hydrogens is 647 g/mol. The molecule has 3 fully saturated rings. The molecule has 256 valence electrons. The zero-order valence-electron chi connectivity index (χ0n) is 26.3. The molecule has 4 N–H and O–H groups in total. The van der Waals surface area contributed by atoms with Crippen molar-refractivity contribution in [2.75, 3.05) is 26.2 Å². The van der Waals surface area contributed by atoms with E-state index in [-0.39, 0.29) is 46.9 Å². The fraction of sp³-hybridized carbons (Fsp3) is 0.455. The number of carbonyl (C=O) groups excluding carboxylic acids is 4. The molecular formula is C33H38F2N5O7P. The summed E-state index contributed by atoms with van der Waals surface area (Å²) in [6.07, 6.45) is 3.33. The molecule has 1 aromatic heterocycles. The lowest BCUT2D eigenvalue weighted by molar-refractivity contribution is -0.149. The number of fused-ring (bicyclic) bond motifs is 2. The molecule has 4 atom stereocenters. The number of hydrogen-bond donors (Lipinski definition) is 4. The van der Waals surface area contributed by atoms with E-state index in [1.54, 1.807) is 4.90 Å². The number of nitrogens with zero attached hydrogens (tertiary/aromatic N) is 3. The van der Waals surface area contributed by atoms with Crippen LogP contribution in [0, 0.1) is 0 Å². The number of nitrogens with one attached hydrogen (secondary N) is 2. The van der Waals surface area contributed by atoms with Gasteiger partial charge in [-0.15, -0.1) is 0 Å². The van der Waals surface area contributed by atoms with E-state index in [0.29, 0.717) is 38.9 Å². The Kier molecular flexibility index (Phi) is 9.18. The molecule has 15 heteroatoms. The van der Waals surface area contributed by atoms with Gasteiger partial charge in [0.1, 0.15) is 17.8 Å². The Morgan fingerprint density at radius 2 is 1.71 bits per heavy atom. The van der Waals surface area contributed by atoms with E-state index in [2.05, 4.69) is 22.4 Å². The van der Waals surface area contributed by atoms with Gasteiger partial charge in [-0.1, -0.05) is 36.4 Å². The van der Waals surface area contributed by atoms with Crippen molar-refractivity contribution < 1.29 is 42.3 Å². The summed E-state index contributed by atoms with van der Waals surface area (Å²) in [5, 5.41) is 2.79. The Balaban J connectivity index is 1.23. The van der Waals surface area contributed by atoms with Crippen LogP contribution in [-0.4, -0.2) is 97.4 Å². The van der Waals surface area contributed by atoms with Crippen LogP contribution in [-0.2, 0) is 24.6 Å². The zero-order chi connectivity index (χ0) is 34.4. The summed E-state index contributed by atoms with van der Waals surface area (Å²) in [5.41, 5.74) is -4.02. The van der Waals surface area contributed by atoms with Gasteiger partial charge in [0, 0.05) is 61.5 Å². The SMILES string of the molecule is CC(=O)N1CC[C@H]2CC[C@@H](C(=O)N3CCC[C@@H](c4ccccc4)C3)N2C(=O)[C@@H](NC(=O)c2cc3cc(C(F)(F)P(=O)(O)O)ccc3[nH]2)C1. The number of aromatic nitrogens is 1. The lowest BCUT2D eigenvalue weighted by Gasteiger charge is -2.40. The van der Waals surface area contributed by atoms with Crippen LogP contribution in [0.15, 0.2) is 54.6 Å². The van der Waals surface area contributed by atoms with Crippen LogP contribution < -0.4 is 5.32 Å². The quantitative estimate of drug-likeness (QED) is 0.289. The van der Waals surface area contributed by atoms with Gasteiger partial charge >= 0.3 is 13.3 Å². The van der Waals surface area contributed by atoms with Crippen LogP contribution in [0.4, 0.5) is 8.78 Å². The van der Waals surface area contributed by atoms with Crippen molar-refractivity contribution in [3.63, 3.8) is 0 Å². The van der Waals surface area contributed by atoms with Gasteiger partial charge in [-0.2, -0.15) is 8.78 Å². The van der Waals surface area contributed by atoms with Gasteiger partial charge in [-0.3, -0.25) is 23.7 Å². The maximum Gasteiger partial charge on any atom is 0.399 e. The van der Waals surface area contributed by atoms with Crippen molar-refractivity contribution in [2.45, 2.75) is 68.7 Å². The standard InChI is InChI=1S/C33H38F2N5O7P/c1-20(41)38-15-13-25-10-12-29(32(44)39-14-5-8-22(18-39)21-6-3-2-4-7-21)40(25)31(43)28(19-38)37-30(42)27-17-23-16-24(9-11-26(23)36-27)33(34,35)48(45,46)47/h2-4,6-7,9,11,16-17,22,25,28-29,36H,5,8,10,12-15,18-19H2,1H3,(H,37,42)(H2,45,46,47)/t22-,25-,28+,29+/m1/s1. The van der Waals surface area contributed by atoms with Crippen molar-refractivity contribution in [1.29, 1.82) is 0 Å². The molecule has 2 aromatic carbocycles. The summed E-state index contributed by atoms with van der Waals surface area (Å²) in [6.45, 7) is 2.73. The number of carbonyl (C=O) groups is 4. The minimum absolute atomic E-state index is 0.0863. The van der Waals surface area contributed by atoms with Gasteiger partial charge < -0.3 is 34.8 Å². The number of H-pyrrole nitrogens is 1. The summed E-state index contributed by atoms with van der Waals surface area (Å²) in [6, 6.07) is 12.0. The van der Waals surface area contributed by atoms with Crippen LogP contribution >= 0.6 is 7.60 Å². The Bertz CT molecular complexity index is 1780. The van der Waals surface area contributed by atoms with Crippen LogP contribution in [0.3, 0.4) is 0 Å². The van der Waals surface area contributed by atoms with E-state index < -0.39 is 42.7 Å². The van der Waals surface area contributed by atoms with Crippen LogP contribution in [0.5, 0.6) is 0 Å². The van der Waals surface area contributed by atoms with Crippen molar-refractivity contribution in [1.82, 2.24) is 25.0 Å². The highest BCUT2D eigenvalue weighted by molar-refractivity contribution is 7.52. The Morgan fingerprint density at radius 1 is 0.958 bits per heavy atom. The first-order valence-electron chi connectivity index (χ1n) is 16.0. The Hall–Kier alpha value is -4.13. The third-order valence-corrected chi connectivity index (χ3v) is 10.8. The van der Waals surface area contributed by atoms with Crippen molar-refractivity contribution >= 4 is 42.1 Å². The number of amides is 4. The third kappa shape index (κ3) is 6.48. The lowest BCUT2D eigenvalue weighted by atomic mass is 9.90. The minimum atomic E-state index is -5.81. The summed E-state index contributed by atoms with van der Waals surface area (Å²) in [5.74, 6) is -1.44.